The Morgan fingerprint density at radius 3 is 2.48 bits per heavy atom. The summed E-state index contributed by atoms with van der Waals surface area (Å²) in [6, 6.07) is 0. The Kier molecular flexibility index (Phi) is 4.12. The van der Waals surface area contributed by atoms with E-state index in [9.17, 15) is 0 Å². The van der Waals surface area contributed by atoms with Gasteiger partial charge in [0.1, 0.15) is 11.8 Å². The van der Waals surface area contributed by atoms with Crippen LogP contribution in [0.25, 0.3) is 0 Å². The molecule has 23 heavy (non-hydrogen) atoms. The Morgan fingerprint density at radius 1 is 1.00 bits per heavy atom. The molecule has 0 bridgehead atoms. The molecule has 1 saturated carbocycles. The lowest BCUT2D eigenvalue weighted by atomic mass is 9.94. The number of oxime groups is 1. The predicted molar refractivity (Wildman–Crippen MR) is 83.0 cm³/mol. The molecule has 6 nitrogen and oxygen atoms in total. The van der Waals surface area contributed by atoms with E-state index < -0.39 is 0 Å². The molecule has 0 N–H and O–H groups in total. The lowest BCUT2D eigenvalue weighted by molar-refractivity contribution is -0.197. The Hall–Kier alpha value is -0.690. The lowest BCUT2D eigenvalue weighted by Crippen LogP contribution is -2.42. The van der Waals surface area contributed by atoms with E-state index in [0.717, 1.165) is 18.6 Å². The lowest BCUT2D eigenvalue weighted by Gasteiger charge is -2.34. The van der Waals surface area contributed by atoms with E-state index in [-0.39, 0.29) is 29.7 Å². The normalized spacial score (nSPS) is 36.9. The van der Waals surface area contributed by atoms with Gasteiger partial charge in [0.15, 0.2) is 11.9 Å². The summed E-state index contributed by atoms with van der Waals surface area (Å²) in [7, 11) is 0. The van der Waals surface area contributed by atoms with Gasteiger partial charge in [-0.05, 0) is 12.8 Å². The highest BCUT2D eigenvalue weighted by atomic mass is 16.8. The monoisotopic (exact) mass is 325 g/mol. The molecule has 130 valence electrons. The number of rotatable bonds is 2. The second kappa shape index (κ2) is 5.99. The summed E-state index contributed by atoms with van der Waals surface area (Å²) < 4.78 is 23.8. The largest absolute Gasteiger partial charge is 0.389 e. The van der Waals surface area contributed by atoms with Crippen LogP contribution in [0.15, 0.2) is 5.16 Å². The molecule has 1 spiro atoms. The summed E-state index contributed by atoms with van der Waals surface area (Å²) in [5.74, 6) is -0.364. The first-order valence-corrected chi connectivity index (χ1v) is 8.83. The molecule has 4 rings (SSSR count). The van der Waals surface area contributed by atoms with Crippen molar-refractivity contribution in [3.05, 3.63) is 0 Å². The van der Waals surface area contributed by atoms with Gasteiger partial charge in [-0.3, -0.25) is 0 Å². The van der Waals surface area contributed by atoms with Crippen LogP contribution in [0.3, 0.4) is 0 Å². The van der Waals surface area contributed by atoms with Gasteiger partial charge in [0.05, 0.1) is 19.8 Å². The minimum absolute atomic E-state index is 0.0469. The average Bonchev–Trinajstić information content (AvgIpc) is 3.16. The second-order valence-electron chi connectivity index (χ2n) is 7.99. The predicted octanol–water partition coefficient (Wildman–Crippen LogP) is 2.61. The summed E-state index contributed by atoms with van der Waals surface area (Å²) in [5, 5.41) is 4.20. The first kappa shape index (κ1) is 15.8. The zero-order valence-electron chi connectivity index (χ0n) is 14.1. The van der Waals surface area contributed by atoms with Crippen molar-refractivity contribution in [1.29, 1.82) is 0 Å². The van der Waals surface area contributed by atoms with Crippen molar-refractivity contribution in [3.8, 4) is 0 Å². The fourth-order valence-corrected chi connectivity index (χ4v) is 3.75. The molecule has 0 aromatic heterocycles. The van der Waals surface area contributed by atoms with Gasteiger partial charge in [-0.25, -0.2) is 0 Å². The smallest absolute Gasteiger partial charge is 0.200 e. The quantitative estimate of drug-likeness (QED) is 0.781. The van der Waals surface area contributed by atoms with Gasteiger partial charge in [-0.15, -0.1) is 0 Å². The van der Waals surface area contributed by atoms with E-state index in [2.05, 4.69) is 19.0 Å². The van der Waals surface area contributed by atoms with Gasteiger partial charge in [-0.1, -0.05) is 25.4 Å². The van der Waals surface area contributed by atoms with Crippen LogP contribution < -0.4 is 0 Å². The molecule has 1 aliphatic carbocycles. The van der Waals surface area contributed by atoms with Crippen molar-refractivity contribution >= 4 is 5.71 Å². The Bertz CT molecular complexity index is 462. The van der Waals surface area contributed by atoms with Crippen LogP contribution in [0.2, 0.25) is 0 Å². The third-order valence-electron chi connectivity index (χ3n) is 5.15. The summed E-state index contributed by atoms with van der Waals surface area (Å²) in [4.78, 5) is 5.61. The zero-order chi connectivity index (χ0) is 15.9. The zero-order valence-corrected chi connectivity index (χ0v) is 14.1. The molecule has 0 radical (unpaired) electrons. The van der Waals surface area contributed by atoms with E-state index in [1.54, 1.807) is 0 Å². The summed E-state index contributed by atoms with van der Waals surface area (Å²) in [6.07, 6.45) is 5.80. The van der Waals surface area contributed by atoms with E-state index >= 15 is 0 Å². The second-order valence-corrected chi connectivity index (χ2v) is 7.99. The summed E-state index contributed by atoms with van der Waals surface area (Å²) >= 11 is 0. The van der Waals surface area contributed by atoms with Crippen LogP contribution in [0.1, 0.15) is 52.4 Å². The van der Waals surface area contributed by atoms with Crippen molar-refractivity contribution < 1.29 is 23.8 Å². The third-order valence-corrected chi connectivity index (χ3v) is 5.15. The van der Waals surface area contributed by atoms with E-state index in [0.29, 0.717) is 26.2 Å². The van der Waals surface area contributed by atoms with Crippen molar-refractivity contribution in [3.63, 3.8) is 0 Å². The van der Waals surface area contributed by atoms with Crippen LogP contribution in [0.5, 0.6) is 0 Å². The first-order valence-electron chi connectivity index (χ1n) is 8.83. The molecular weight excluding hydrogens is 298 g/mol. The van der Waals surface area contributed by atoms with Crippen molar-refractivity contribution in [2.24, 2.45) is 10.6 Å². The van der Waals surface area contributed by atoms with Crippen LogP contribution in [-0.4, -0.2) is 49.8 Å². The van der Waals surface area contributed by atoms with E-state index in [1.165, 1.54) is 19.3 Å². The molecule has 4 aliphatic rings. The molecule has 0 amide bonds. The van der Waals surface area contributed by atoms with E-state index in [1.807, 2.05) is 0 Å². The molecule has 6 heteroatoms. The van der Waals surface area contributed by atoms with Crippen LogP contribution in [0.4, 0.5) is 0 Å². The fraction of sp³-hybridized carbons (Fsp3) is 0.941. The van der Waals surface area contributed by atoms with Crippen molar-refractivity contribution in [2.45, 2.75) is 76.7 Å². The molecule has 2 saturated heterocycles. The van der Waals surface area contributed by atoms with Gasteiger partial charge in [0.25, 0.3) is 0 Å². The van der Waals surface area contributed by atoms with Gasteiger partial charge in [0.2, 0.25) is 6.29 Å². The topological polar surface area (TPSA) is 58.5 Å². The maximum Gasteiger partial charge on any atom is 0.200 e. The highest BCUT2D eigenvalue weighted by molar-refractivity contribution is 5.88. The fourth-order valence-electron chi connectivity index (χ4n) is 3.75. The molecule has 3 fully saturated rings. The number of ether oxygens (including phenoxy) is 4. The van der Waals surface area contributed by atoms with Crippen LogP contribution >= 0.6 is 0 Å². The average molecular weight is 325 g/mol. The van der Waals surface area contributed by atoms with Crippen molar-refractivity contribution in [1.82, 2.24) is 0 Å². The molecule has 3 heterocycles. The number of hydrogen-bond acceptors (Lipinski definition) is 6. The van der Waals surface area contributed by atoms with Crippen LogP contribution in [-0.2, 0) is 23.8 Å². The SMILES string of the molecule is CC1(C)COC(C2=NO[C@@H]([C@H]3COC4(CCCCC4)O3)C2)OC1. The van der Waals surface area contributed by atoms with Crippen LogP contribution in [0, 0.1) is 5.41 Å². The van der Waals surface area contributed by atoms with Gasteiger partial charge in [-0.2, -0.15) is 0 Å². The molecule has 2 atom stereocenters. The van der Waals surface area contributed by atoms with Gasteiger partial charge < -0.3 is 23.8 Å². The number of nitrogens with zero attached hydrogens (tertiary/aromatic N) is 1. The minimum atomic E-state index is -0.376. The van der Waals surface area contributed by atoms with Gasteiger partial charge in [0, 0.05) is 24.7 Å². The summed E-state index contributed by atoms with van der Waals surface area (Å²) in [5.41, 5.74) is 0.893. The molecule has 0 unspecified atom stereocenters. The maximum atomic E-state index is 6.24. The molecular formula is C17H27NO5. The summed E-state index contributed by atoms with van der Waals surface area (Å²) in [6.45, 7) is 6.20. The first-order chi connectivity index (χ1) is 11.1. The third kappa shape index (κ3) is 3.27. The Labute approximate surface area is 137 Å². The molecule has 0 aromatic carbocycles. The molecule has 0 aromatic rings. The minimum Gasteiger partial charge on any atom is -0.389 e. The number of hydrogen-bond donors (Lipinski definition) is 0. The Morgan fingerprint density at radius 2 is 1.74 bits per heavy atom. The highest BCUT2D eigenvalue weighted by Crippen LogP contribution is 2.40. The van der Waals surface area contributed by atoms with Gasteiger partial charge >= 0.3 is 0 Å². The standard InChI is InChI=1S/C17H27NO5/c1-16(2)10-19-15(20-11-16)12-8-13(23-18-12)14-9-21-17(22-14)6-4-3-5-7-17/h13-15H,3-11H2,1-2H3/t13-,14-/m1/s1. The van der Waals surface area contributed by atoms with Crippen molar-refractivity contribution in [2.75, 3.05) is 19.8 Å². The highest BCUT2D eigenvalue weighted by Gasteiger charge is 2.47. The Balaban J connectivity index is 1.30. The van der Waals surface area contributed by atoms with E-state index in [4.69, 9.17) is 23.8 Å². The maximum absolute atomic E-state index is 6.24. The molecule has 3 aliphatic heterocycles.